The van der Waals surface area contributed by atoms with E-state index in [1.54, 1.807) is 29.3 Å². The van der Waals surface area contributed by atoms with Crippen LogP contribution in [0.4, 0.5) is 10.2 Å². The number of halogens is 1. The first-order chi connectivity index (χ1) is 15.1. The molecule has 1 aromatic heterocycles. The van der Waals surface area contributed by atoms with Crippen molar-refractivity contribution in [3.8, 4) is 0 Å². The Kier molecular flexibility index (Phi) is 5.12. The van der Waals surface area contributed by atoms with Gasteiger partial charge in [0.15, 0.2) is 0 Å². The van der Waals surface area contributed by atoms with Gasteiger partial charge in [-0.05, 0) is 49.4 Å². The molecular formula is C24H27FN4O2. The molecule has 3 aliphatic rings. The molecule has 162 valence electrons. The molecule has 2 amide bonds. The molecule has 1 aromatic carbocycles. The maximum absolute atomic E-state index is 14.7. The summed E-state index contributed by atoms with van der Waals surface area (Å²) in [7, 11) is 0. The topological polar surface area (TPSA) is 65.5 Å². The summed E-state index contributed by atoms with van der Waals surface area (Å²) in [5, 5.41) is 3.14. The van der Waals surface area contributed by atoms with E-state index in [9.17, 15) is 14.0 Å². The van der Waals surface area contributed by atoms with Crippen molar-refractivity contribution in [2.75, 3.05) is 31.1 Å². The number of anilines is 1. The summed E-state index contributed by atoms with van der Waals surface area (Å²) >= 11 is 0. The lowest BCUT2D eigenvalue weighted by atomic mass is 9.76. The van der Waals surface area contributed by atoms with Gasteiger partial charge in [0, 0.05) is 50.3 Å². The number of benzene rings is 1. The summed E-state index contributed by atoms with van der Waals surface area (Å²) in [6.45, 7) is 2.68. The van der Waals surface area contributed by atoms with Crippen LogP contribution in [0.15, 0.2) is 42.6 Å². The van der Waals surface area contributed by atoms with E-state index in [2.05, 4.69) is 15.2 Å². The van der Waals surface area contributed by atoms with Crippen LogP contribution < -0.4 is 10.2 Å². The Hall–Kier alpha value is -2.96. The smallest absolute Gasteiger partial charge is 0.254 e. The lowest BCUT2D eigenvalue weighted by Crippen LogP contribution is -2.56. The minimum Gasteiger partial charge on any atom is -0.357 e. The van der Waals surface area contributed by atoms with Crippen molar-refractivity contribution in [3.63, 3.8) is 0 Å². The maximum atomic E-state index is 14.7. The second-order valence-corrected chi connectivity index (χ2v) is 8.91. The summed E-state index contributed by atoms with van der Waals surface area (Å²) in [6, 6.07) is 10.3. The molecule has 0 radical (unpaired) electrons. The first-order valence-corrected chi connectivity index (χ1v) is 11.1. The molecule has 3 fully saturated rings. The van der Waals surface area contributed by atoms with E-state index in [4.69, 9.17) is 0 Å². The molecule has 7 heteroatoms. The van der Waals surface area contributed by atoms with Gasteiger partial charge in [-0.1, -0.05) is 18.2 Å². The van der Waals surface area contributed by atoms with E-state index in [0.717, 1.165) is 44.6 Å². The minimum absolute atomic E-state index is 0.0258. The molecule has 2 aromatic rings. The summed E-state index contributed by atoms with van der Waals surface area (Å²) in [5.41, 5.74) is 0.522. The molecule has 3 saturated heterocycles. The van der Waals surface area contributed by atoms with E-state index in [-0.39, 0.29) is 23.5 Å². The molecule has 4 heterocycles. The van der Waals surface area contributed by atoms with Crippen LogP contribution in [0, 0.1) is 5.82 Å². The van der Waals surface area contributed by atoms with Crippen LogP contribution in [0.25, 0.3) is 0 Å². The largest absolute Gasteiger partial charge is 0.357 e. The average Bonchev–Trinajstić information content (AvgIpc) is 3.43. The van der Waals surface area contributed by atoms with Crippen LogP contribution in [0.3, 0.4) is 0 Å². The Morgan fingerprint density at radius 2 is 1.97 bits per heavy atom. The number of hydrogen-bond acceptors (Lipinski definition) is 4. The van der Waals surface area contributed by atoms with Gasteiger partial charge >= 0.3 is 0 Å². The fourth-order valence-electron chi connectivity index (χ4n) is 5.42. The number of aromatic nitrogens is 1. The normalized spacial score (nSPS) is 25.8. The molecule has 31 heavy (non-hydrogen) atoms. The summed E-state index contributed by atoms with van der Waals surface area (Å²) in [5.74, 6) is 0.139. The summed E-state index contributed by atoms with van der Waals surface area (Å²) < 4.78 is 14.7. The molecule has 0 saturated carbocycles. The van der Waals surface area contributed by atoms with E-state index in [1.165, 1.54) is 6.07 Å². The van der Waals surface area contributed by atoms with Gasteiger partial charge in [-0.3, -0.25) is 9.59 Å². The van der Waals surface area contributed by atoms with Crippen molar-refractivity contribution in [1.29, 1.82) is 0 Å². The Morgan fingerprint density at radius 1 is 1.16 bits per heavy atom. The van der Waals surface area contributed by atoms with Crippen LogP contribution >= 0.6 is 0 Å². The first kappa shape index (κ1) is 20.0. The predicted molar refractivity (Wildman–Crippen MR) is 115 cm³/mol. The van der Waals surface area contributed by atoms with Gasteiger partial charge in [0.25, 0.3) is 5.91 Å². The molecule has 6 nitrogen and oxygen atoms in total. The van der Waals surface area contributed by atoms with E-state index in [0.29, 0.717) is 30.6 Å². The van der Waals surface area contributed by atoms with E-state index < -0.39 is 5.54 Å². The number of nitrogens with one attached hydrogen (secondary N) is 1. The fraction of sp³-hybridized carbons (Fsp3) is 0.458. The number of nitrogens with zero attached hydrogens (tertiary/aromatic N) is 3. The van der Waals surface area contributed by atoms with Crippen LogP contribution in [0.5, 0.6) is 0 Å². The molecule has 3 aliphatic heterocycles. The lowest BCUT2D eigenvalue weighted by molar-refractivity contribution is -0.125. The van der Waals surface area contributed by atoms with Gasteiger partial charge in [0.2, 0.25) is 5.91 Å². The number of likely N-dealkylation sites (tertiary alicyclic amines) is 1. The van der Waals surface area contributed by atoms with Gasteiger partial charge in [0.1, 0.15) is 11.6 Å². The monoisotopic (exact) mass is 422 g/mol. The van der Waals surface area contributed by atoms with Crippen molar-refractivity contribution in [3.05, 3.63) is 59.5 Å². The Labute approximate surface area is 181 Å². The highest BCUT2D eigenvalue weighted by Crippen LogP contribution is 2.42. The first-order valence-electron chi connectivity index (χ1n) is 11.1. The van der Waals surface area contributed by atoms with Crippen molar-refractivity contribution in [1.82, 2.24) is 15.2 Å². The number of rotatable bonds is 3. The van der Waals surface area contributed by atoms with Crippen molar-refractivity contribution in [2.45, 2.75) is 43.6 Å². The molecule has 1 spiro atoms. The fourth-order valence-corrected chi connectivity index (χ4v) is 5.42. The minimum atomic E-state index is -0.627. The highest BCUT2D eigenvalue weighted by molar-refractivity contribution is 5.95. The highest BCUT2D eigenvalue weighted by atomic mass is 19.1. The second-order valence-electron chi connectivity index (χ2n) is 8.91. The van der Waals surface area contributed by atoms with Crippen molar-refractivity contribution < 1.29 is 14.0 Å². The molecule has 0 bridgehead atoms. The number of carbonyl (C=O) groups is 2. The number of amides is 2. The SMILES string of the molecule is O=C1CCC[C@]2(CN(C(=O)c3ccnc(N4CCCC4)c3)C[C@H]2c2ccccc2F)N1. The second kappa shape index (κ2) is 7.94. The quantitative estimate of drug-likeness (QED) is 0.826. The highest BCUT2D eigenvalue weighted by Gasteiger charge is 2.51. The Balaban J connectivity index is 1.45. The van der Waals surface area contributed by atoms with Crippen LogP contribution in [0.1, 0.15) is 53.9 Å². The third kappa shape index (κ3) is 3.66. The van der Waals surface area contributed by atoms with Gasteiger partial charge < -0.3 is 15.1 Å². The van der Waals surface area contributed by atoms with Crippen LogP contribution in [-0.4, -0.2) is 53.4 Å². The number of piperidine rings is 1. The predicted octanol–water partition coefficient (Wildman–Crippen LogP) is 3.10. The number of hydrogen-bond donors (Lipinski definition) is 1. The number of carbonyl (C=O) groups excluding carboxylic acids is 2. The van der Waals surface area contributed by atoms with Crippen LogP contribution in [0.2, 0.25) is 0 Å². The van der Waals surface area contributed by atoms with Gasteiger partial charge in [0.05, 0.1) is 5.54 Å². The maximum Gasteiger partial charge on any atom is 0.254 e. The molecule has 2 atom stereocenters. The van der Waals surface area contributed by atoms with E-state index in [1.807, 2.05) is 12.1 Å². The van der Waals surface area contributed by atoms with E-state index >= 15 is 0 Å². The number of pyridine rings is 1. The van der Waals surface area contributed by atoms with Gasteiger partial charge in [-0.25, -0.2) is 9.37 Å². The van der Waals surface area contributed by atoms with Crippen molar-refractivity contribution >= 4 is 17.6 Å². The third-order valence-electron chi connectivity index (χ3n) is 6.95. The summed E-state index contributed by atoms with van der Waals surface area (Å²) in [4.78, 5) is 34.2. The molecule has 0 unspecified atom stereocenters. The van der Waals surface area contributed by atoms with Crippen molar-refractivity contribution in [2.24, 2.45) is 0 Å². The zero-order valence-corrected chi connectivity index (χ0v) is 17.5. The standard InChI is InChI=1S/C24H27FN4O2/c25-20-7-2-1-6-18(20)19-15-29(16-24(19)10-5-8-22(30)27-24)23(31)17-9-11-26-21(14-17)28-12-3-4-13-28/h1-2,6-7,9,11,14,19H,3-5,8,10,12-13,15-16H2,(H,27,30)/t19-,24+/m0/s1. The molecule has 1 N–H and O–H groups in total. The molecule has 5 rings (SSSR count). The summed E-state index contributed by atoms with van der Waals surface area (Å²) in [6.07, 6.45) is 5.91. The van der Waals surface area contributed by atoms with Gasteiger partial charge in [-0.15, -0.1) is 0 Å². The Morgan fingerprint density at radius 3 is 2.74 bits per heavy atom. The Bertz CT molecular complexity index is 1010. The van der Waals surface area contributed by atoms with Gasteiger partial charge in [-0.2, -0.15) is 0 Å². The average molecular weight is 423 g/mol. The lowest BCUT2D eigenvalue weighted by Gasteiger charge is -2.39. The third-order valence-corrected chi connectivity index (χ3v) is 6.95. The molecular weight excluding hydrogens is 395 g/mol. The zero-order chi connectivity index (χ0) is 21.4. The zero-order valence-electron chi connectivity index (χ0n) is 17.5. The van der Waals surface area contributed by atoms with Crippen LogP contribution in [-0.2, 0) is 4.79 Å². The molecule has 0 aliphatic carbocycles.